The van der Waals surface area contributed by atoms with E-state index in [1.165, 1.54) is 0 Å². The lowest BCUT2D eigenvalue weighted by molar-refractivity contribution is 0.0940. The number of amides is 1. The highest BCUT2D eigenvalue weighted by Crippen LogP contribution is 2.18. The number of thioether (sulfide) groups is 1. The molecule has 0 aliphatic carbocycles. The predicted octanol–water partition coefficient (Wildman–Crippen LogP) is 1.96. The fraction of sp³-hybridized carbons (Fsp3) is 0.438. The second-order valence-corrected chi connectivity index (χ2v) is 5.99. The third-order valence-corrected chi connectivity index (χ3v) is 4.38. The first kappa shape index (κ1) is 15.0. The van der Waals surface area contributed by atoms with Crippen molar-refractivity contribution in [3.63, 3.8) is 0 Å². The topological polar surface area (TPSA) is 49.3 Å². The van der Waals surface area contributed by atoms with Crippen LogP contribution in [0.4, 0.5) is 0 Å². The van der Waals surface area contributed by atoms with Gasteiger partial charge in [-0.3, -0.25) is 4.79 Å². The molecular weight excluding hydrogens is 270 g/mol. The minimum absolute atomic E-state index is 0.0131. The highest BCUT2D eigenvalue weighted by molar-refractivity contribution is 7.99. The minimum atomic E-state index is -0.0131. The Balaban J connectivity index is 2.11. The van der Waals surface area contributed by atoms with Crippen molar-refractivity contribution in [2.45, 2.75) is 25.8 Å². The summed E-state index contributed by atoms with van der Waals surface area (Å²) in [5.41, 5.74) is 2.47. The summed E-state index contributed by atoms with van der Waals surface area (Å²) in [6.07, 6.45) is 1.50. The maximum Gasteiger partial charge on any atom is 0.251 e. The maximum atomic E-state index is 12.3. The summed E-state index contributed by atoms with van der Waals surface area (Å²) in [6.45, 7) is 1.99. The number of aliphatic hydroxyl groups is 1. The molecular formula is C16H19NO2S. The van der Waals surface area contributed by atoms with Crippen LogP contribution in [0.3, 0.4) is 0 Å². The smallest absolute Gasteiger partial charge is 0.251 e. The van der Waals surface area contributed by atoms with Crippen molar-refractivity contribution in [1.82, 2.24) is 5.32 Å². The number of aryl methyl sites for hydroxylation is 1. The number of aliphatic hydroxyl groups excluding tert-OH is 1. The molecule has 1 aromatic rings. The number of benzene rings is 1. The molecule has 2 rings (SSSR count). The van der Waals surface area contributed by atoms with E-state index in [0.717, 1.165) is 29.1 Å². The van der Waals surface area contributed by atoms with E-state index in [1.54, 1.807) is 0 Å². The van der Waals surface area contributed by atoms with E-state index >= 15 is 0 Å². The molecule has 3 nitrogen and oxygen atoms in total. The highest BCUT2D eigenvalue weighted by Gasteiger charge is 2.19. The van der Waals surface area contributed by atoms with Crippen molar-refractivity contribution in [2.24, 2.45) is 0 Å². The fourth-order valence-electron chi connectivity index (χ4n) is 2.08. The van der Waals surface area contributed by atoms with E-state index in [-0.39, 0.29) is 18.6 Å². The molecule has 1 unspecified atom stereocenters. The normalized spacial score (nSPS) is 17.4. The van der Waals surface area contributed by atoms with Gasteiger partial charge in [0.25, 0.3) is 5.91 Å². The highest BCUT2D eigenvalue weighted by atomic mass is 32.2. The number of hydrogen-bond donors (Lipinski definition) is 2. The number of hydrogen-bond acceptors (Lipinski definition) is 3. The Morgan fingerprint density at radius 3 is 3.10 bits per heavy atom. The molecule has 1 heterocycles. The van der Waals surface area contributed by atoms with Gasteiger partial charge in [0.2, 0.25) is 0 Å². The summed E-state index contributed by atoms with van der Waals surface area (Å²) >= 11 is 1.88. The second kappa shape index (κ2) is 7.37. The molecule has 0 aromatic heterocycles. The van der Waals surface area contributed by atoms with Crippen molar-refractivity contribution >= 4 is 17.7 Å². The van der Waals surface area contributed by atoms with Crippen molar-refractivity contribution in [3.05, 3.63) is 34.9 Å². The third-order valence-electron chi connectivity index (χ3n) is 3.22. The van der Waals surface area contributed by atoms with E-state index in [0.29, 0.717) is 12.0 Å². The molecule has 1 amide bonds. The summed E-state index contributed by atoms with van der Waals surface area (Å²) < 4.78 is 0. The number of carbonyl (C=O) groups is 1. The second-order valence-electron chi connectivity index (χ2n) is 4.84. The zero-order chi connectivity index (χ0) is 14.4. The van der Waals surface area contributed by atoms with Gasteiger partial charge in [0.05, 0.1) is 6.61 Å². The van der Waals surface area contributed by atoms with Crippen LogP contribution >= 0.6 is 11.8 Å². The van der Waals surface area contributed by atoms with E-state index in [9.17, 15) is 4.79 Å². The van der Waals surface area contributed by atoms with Crippen molar-refractivity contribution in [2.75, 3.05) is 18.1 Å². The van der Waals surface area contributed by atoms with Crippen LogP contribution in [0.15, 0.2) is 18.2 Å². The minimum Gasteiger partial charge on any atom is -0.395 e. The lowest BCUT2D eigenvalue weighted by Gasteiger charge is -2.13. The molecule has 20 heavy (non-hydrogen) atoms. The Kier molecular flexibility index (Phi) is 5.51. The van der Waals surface area contributed by atoms with Crippen LogP contribution in [0, 0.1) is 18.8 Å². The van der Waals surface area contributed by atoms with Gasteiger partial charge >= 0.3 is 0 Å². The molecule has 0 radical (unpaired) electrons. The Hall–Kier alpha value is -1.44. The van der Waals surface area contributed by atoms with Gasteiger partial charge in [-0.2, -0.15) is 11.8 Å². The van der Waals surface area contributed by atoms with E-state index in [2.05, 4.69) is 17.2 Å². The molecule has 1 fully saturated rings. The predicted molar refractivity (Wildman–Crippen MR) is 83.0 cm³/mol. The van der Waals surface area contributed by atoms with E-state index < -0.39 is 0 Å². The van der Waals surface area contributed by atoms with E-state index in [4.69, 9.17) is 5.11 Å². The summed E-state index contributed by atoms with van der Waals surface area (Å²) in [5.74, 6) is 7.95. The van der Waals surface area contributed by atoms with Crippen LogP contribution in [0.25, 0.3) is 0 Å². The van der Waals surface area contributed by atoms with Gasteiger partial charge < -0.3 is 10.4 Å². The molecule has 0 bridgehead atoms. The van der Waals surface area contributed by atoms with Crippen LogP contribution < -0.4 is 5.32 Å². The fourth-order valence-corrected chi connectivity index (χ4v) is 3.23. The zero-order valence-electron chi connectivity index (χ0n) is 11.6. The first-order valence-electron chi connectivity index (χ1n) is 6.79. The molecule has 1 aliphatic rings. The lowest BCUT2D eigenvalue weighted by atomic mass is 10.0. The molecule has 1 aliphatic heterocycles. The first-order valence-corrected chi connectivity index (χ1v) is 7.95. The Morgan fingerprint density at radius 1 is 1.55 bits per heavy atom. The van der Waals surface area contributed by atoms with Gasteiger partial charge in [0.1, 0.15) is 0 Å². The monoisotopic (exact) mass is 289 g/mol. The van der Waals surface area contributed by atoms with Gasteiger partial charge in [-0.1, -0.05) is 17.9 Å². The summed E-state index contributed by atoms with van der Waals surface area (Å²) in [6, 6.07) is 5.94. The van der Waals surface area contributed by atoms with Crippen molar-refractivity contribution in [3.8, 4) is 11.8 Å². The number of nitrogens with one attached hydrogen (secondary N) is 1. The SMILES string of the molecule is Cc1ccc(C#CCCO)cc1C(=O)NC1CCSC1. The van der Waals surface area contributed by atoms with Crippen LogP contribution in [-0.4, -0.2) is 35.2 Å². The average molecular weight is 289 g/mol. The van der Waals surface area contributed by atoms with Crippen LogP contribution in [0.5, 0.6) is 0 Å². The first-order chi connectivity index (χ1) is 9.70. The van der Waals surface area contributed by atoms with Gasteiger partial charge in [-0.05, 0) is 36.8 Å². The molecule has 0 spiro atoms. The molecule has 1 atom stereocenters. The largest absolute Gasteiger partial charge is 0.395 e. The molecule has 0 saturated carbocycles. The van der Waals surface area contributed by atoms with Gasteiger partial charge in [0, 0.05) is 29.3 Å². The third kappa shape index (κ3) is 4.03. The lowest BCUT2D eigenvalue weighted by Crippen LogP contribution is -2.35. The molecule has 106 valence electrons. The summed E-state index contributed by atoms with van der Waals surface area (Å²) in [5, 5.41) is 11.8. The summed E-state index contributed by atoms with van der Waals surface area (Å²) in [7, 11) is 0. The van der Waals surface area contributed by atoms with Crippen LogP contribution in [-0.2, 0) is 0 Å². The van der Waals surface area contributed by atoms with Crippen LogP contribution in [0.1, 0.15) is 34.3 Å². The summed E-state index contributed by atoms with van der Waals surface area (Å²) in [4.78, 5) is 12.3. The van der Waals surface area contributed by atoms with E-state index in [1.807, 2.05) is 36.9 Å². The Labute approximate surface area is 124 Å². The number of rotatable bonds is 3. The Bertz CT molecular complexity index is 539. The average Bonchev–Trinajstić information content (AvgIpc) is 2.93. The Morgan fingerprint density at radius 2 is 2.40 bits per heavy atom. The van der Waals surface area contributed by atoms with Crippen molar-refractivity contribution < 1.29 is 9.90 Å². The van der Waals surface area contributed by atoms with Gasteiger partial charge in [0.15, 0.2) is 0 Å². The van der Waals surface area contributed by atoms with Gasteiger partial charge in [-0.25, -0.2) is 0 Å². The standard InChI is InChI=1S/C16H19NO2S/c1-12-5-6-13(4-2-3-8-18)10-15(12)16(19)17-14-7-9-20-11-14/h5-6,10,14,18H,3,7-9,11H2,1H3,(H,17,19). The quantitative estimate of drug-likeness (QED) is 0.836. The molecule has 1 saturated heterocycles. The van der Waals surface area contributed by atoms with Crippen LogP contribution in [0.2, 0.25) is 0 Å². The zero-order valence-corrected chi connectivity index (χ0v) is 12.4. The molecule has 1 aromatic carbocycles. The van der Waals surface area contributed by atoms with Crippen molar-refractivity contribution in [1.29, 1.82) is 0 Å². The maximum absolute atomic E-state index is 12.3. The molecule has 4 heteroatoms. The number of carbonyl (C=O) groups excluding carboxylic acids is 1. The molecule has 2 N–H and O–H groups in total. The van der Waals surface area contributed by atoms with Gasteiger partial charge in [-0.15, -0.1) is 0 Å².